The summed E-state index contributed by atoms with van der Waals surface area (Å²) in [5.74, 6) is -1.31. The van der Waals surface area contributed by atoms with Crippen LogP contribution in [0, 0.1) is 6.92 Å². The number of ether oxygens (including phenoxy) is 1. The van der Waals surface area contributed by atoms with Gasteiger partial charge in [0.1, 0.15) is 6.04 Å². The minimum atomic E-state index is -3.76. The topological polar surface area (TPSA) is 96.9 Å². The number of hydrogen-bond donors (Lipinski definition) is 0. The Hall–Kier alpha value is -3.17. The average molecular weight is 516 g/mol. The van der Waals surface area contributed by atoms with Crippen molar-refractivity contribution in [3.63, 3.8) is 0 Å². The van der Waals surface area contributed by atoms with Crippen LogP contribution in [-0.4, -0.2) is 68.7 Å². The van der Waals surface area contributed by atoms with Gasteiger partial charge in [0.15, 0.2) is 9.84 Å². The molecule has 1 amide bonds. The van der Waals surface area contributed by atoms with Crippen LogP contribution in [0.5, 0.6) is 0 Å². The van der Waals surface area contributed by atoms with E-state index in [9.17, 15) is 18.0 Å². The average Bonchev–Trinajstić information content (AvgIpc) is 2.86. The number of methoxy groups -OCH3 is 1. The summed E-state index contributed by atoms with van der Waals surface area (Å²) >= 11 is 6.04. The van der Waals surface area contributed by atoms with Crippen molar-refractivity contribution in [3.05, 3.63) is 65.4 Å². The van der Waals surface area contributed by atoms with Gasteiger partial charge < -0.3 is 14.5 Å². The number of fused-ring (bicyclic) bond motifs is 1. The maximum Gasteiger partial charge on any atom is 0.330 e. The first-order valence-corrected chi connectivity index (χ1v) is 13.2. The number of aryl methyl sites for hydroxylation is 1. The van der Waals surface area contributed by atoms with E-state index in [2.05, 4.69) is 4.98 Å². The number of pyridine rings is 1. The molecule has 4 rings (SSSR count). The molecule has 10 heteroatoms. The van der Waals surface area contributed by atoms with Gasteiger partial charge in [0.05, 0.1) is 17.8 Å². The van der Waals surface area contributed by atoms with Crippen molar-refractivity contribution >= 4 is 49.8 Å². The minimum Gasteiger partial charge on any atom is -0.467 e. The Morgan fingerprint density at radius 1 is 1.14 bits per heavy atom. The molecular formula is C25H26ClN3O5S. The van der Waals surface area contributed by atoms with E-state index in [0.29, 0.717) is 22.3 Å². The number of piperazine rings is 1. The van der Waals surface area contributed by atoms with Gasteiger partial charge in [-0.3, -0.25) is 9.78 Å². The molecule has 184 valence electrons. The van der Waals surface area contributed by atoms with Crippen LogP contribution in [0.3, 0.4) is 0 Å². The molecule has 1 atom stereocenters. The van der Waals surface area contributed by atoms with E-state index in [4.69, 9.17) is 16.3 Å². The standard InChI is InChI=1S/C25H26ClN3O5S/c1-17-14-20(8-10-27-17)28-11-12-29(22(16-28)25(31)34-2)24(30)9-13-35(32,33)23-5-3-4-18-15-19(26)6-7-21(18)23/h3-8,10,14-15,22H,9,11-13,16H2,1-2H3. The summed E-state index contributed by atoms with van der Waals surface area (Å²) in [6, 6.07) is 12.9. The monoisotopic (exact) mass is 515 g/mol. The third kappa shape index (κ3) is 5.41. The number of aromatic nitrogens is 1. The maximum atomic E-state index is 13.1. The van der Waals surface area contributed by atoms with E-state index >= 15 is 0 Å². The quantitative estimate of drug-likeness (QED) is 0.465. The molecule has 1 aromatic heterocycles. The van der Waals surface area contributed by atoms with E-state index in [1.165, 1.54) is 18.1 Å². The second-order valence-electron chi connectivity index (χ2n) is 8.42. The lowest BCUT2D eigenvalue weighted by Crippen LogP contribution is -2.58. The normalized spacial score (nSPS) is 16.4. The number of halogens is 1. The van der Waals surface area contributed by atoms with Crippen LogP contribution in [0.25, 0.3) is 10.8 Å². The van der Waals surface area contributed by atoms with Gasteiger partial charge in [0.2, 0.25) is 5.91 Å². The zero-order valence-corrected chi connectivity index (χ0v) is 21.1. The summed E-state index contributed by atoms with van der Waals surface area (Å²) < 4.78 is 31.2. The number of rotatable bonds is 6. The number of carbonyl (C=O) groups excluding carboxylic acids is 2. The molecule has 0 saturated carbocycles. The fourth-order valence-corrected chi connectivity index (χ4v) is 6.00. The second-order valence-corrected chi connectivity index (χ2v) is 10.9. The molecule has 1 unspecified atom stereocenters. The highest BCUT2D eigenvalue weighted by Crippen LogP contribution is 2.27. The molecule has 0 spiro atoms. The minimum absolute atomic E-state index is 0.155. The third-order valence-electron chi connectivity index (χ3n) is 6.14. The number of sulfone groups is 1. The van der Waals surface area contributed by atoms with Crippen LogP contribution in [0.4, 0.5) is 5.69 Å². The largest absolute Gasteiger partial charge is 0.467 e. The van der Waals surface area contributed by atoms with Crippen molar-refractivity contribution in [3.8, 4) is 0 Å². The molecular weight excluding hydrogens is 490 g/mol. The lowest BCUT2D eigenvalue weighted by Gasteiger charge is -2.41. The van der Waals surface area contributed by atoms with Crippen LogP contribution >= 0.6 is 11.6 Å². The highest BCUT2D eigenvalue weighted by molar-refractivity contribution is 7.91. The van der Waals surface area contributed by atoms with Gasteiger partial charge in [0.25, 0.3) is 0 Å². The first kappa shape index (κ1) is 24.9. The Labute approximate surface area is 209 Å². The molecule has 2 aromatic carbocycles. The smallest absolute Gasteiger partial charge is 0.330 e. The lowest BCUT2D eigenvalue weighted by molar-refractivity contribution is -0.153. The van der Waals surface area contributed by atoms with Crippen molar-refractivity contribution in [1.82, 2.24) is 9.88 Å². The summed E-state index contributed by atoms with van der Waals surface area (Å²) in [7, 11) is -2.48. The Morgan fingerprint density at radius 3 is 2.69 bits per heavy atom. The van der Waals surface area contributed by atoms with Gasteiger partial charge in [-0.15, -0.1) is 0 Å². The molecule has 1 aliphatic heterocycles. The fraction of sp³-hybridized carbons (Fsp3) is 0.320. The van der Waals surface area contributed by atoms with Crippen LogP contribution in [0.1, 0.15) is 12.1 Å². The number of benzene rings is 2. The van der Waals surface area contributed by atoms with Crippen LogP contribution in [-0.2, 0) is 24.2 Å². The molecule has 8 nitrogen and oxygen atoms in total. The Balaban J connectivity index is 1.50. The van der Waals surface area contributed by atoms with Gasteiger partial charge in [-0.1, -0.05) is 29.8 Å². The predicted octanol–water partition coefficient (Wildman–Crippen LogP) is 3.25. The Kier molecular flexibility index (Phi) is 7.28. The Morgan fingerprint density at radius 2 is 1.94 bits per heavy atom. The van der Waals surface area contributed by atoms with Crippen LogP contribution in [0.15, 0.2) is 59.6 Å². The van der Waals surface area contributed by atoms with E-state index in [1.807, 2.05) is 24.0 Å². The first-order chi connectivity index (χ1) is 16.7. The van der Waals surface area contributed by atoms with E-state index in [0.717, 1.165) is 11.4 Å². The maximum absolute atomic E-state index is 13.1. The molecule has 0 radical (unpaired) electrons. The Bertz CT molecular complexity index is 1380. The highest BCUT2D eigenvalue weighted by atomic mass is 35.5. The third-order valence-corrected chi connectivity index (χ3v) is 8.14. The number of carbonyl (C=O) groups is 2. The summed E-state index contributed by atoms with van der Waals surface area (Å²) in [5, 5.41) is 1.77. The highest BCUT2D eigenvalue weighted by Gasteiger charge is 2.36. The number of anilines is 1. The summed E-state index contributed by atoms with van der Waals surface area (Å²) in [4.78, 5) is 33.4. The van der Waals surface area contributed by atoms with E-state index in [-0.39, 0.29) is 30.2 Å². The zero-order chi connectivity index (χ0) is 25.2. The lowest BCUT2D eigenvalue weighted by atomic mass is 10.1. The van der Waals surface area contributed by atoms with Crippen molar-refractivity contribution in [2.45, 2.75) is 24.3 Å². The molecule has 1 aliphatic rings. The fourth-order valence-electron chi connectivity index (χ4n) is 4.35. The van der Waals surface area contributed by atoms with Gasteiger partial charge >= 0.3 is 5.97 Å². The molecule has 1 saturated heterocycles. The van der Waals surface area contributed by atoms with Crippen molar-refractivity contribution in [2.75, 3.05) is 37.4 Å². The molecule has 0 bridgehead atoms. The SMILES string of the molecule is COC(=O)C1CN(c2ccnc(C)c2)CCN1C(=O)CCS(=O)(=O)c1cccc2cc(Cl)ccc12. The van der Waals surface area contributed by atoms with Gasteiger partial charge in [-0.2, -0.15) is 0 Å². The van der Waals surface area contributed by atoms with Gasteiger partial charge in [0, 0.05) is 54.0 Å². The van der Waals surface area contributed by atoms with E-state index < -0.39 is 27.8 Å². The van der Waals surface area contributed by atoms with Gasteiger partial charge in [-0.05, 0) is 42.6 Å². The van der Waals surface area contributed by atoms with Crippen LogP contribution in [0.2, 0.25) is 5.02 Å². The first-order valence-electron chi connectivity index (χ1n) is 11.2. The molecule has 1 fully saturated rings. The number of amides is 1. The second kappa shape index (κ2) is 10.2. The summed E-state index contributed by atoms with van der Waals surface area (Å²) in [6.07, 6.45) is 1.45. The molecule has 3 aromatic rings. The van der Waals surface area contributed by atoms with Crippen molar-refractivity contribution in [2.24, 2.45) is 0 Å². The molecule has 35 heavy (non-hydrogen) atoms. The van der Waals surface area contributed by atoms with Crippen molar-refractivity contribution < 1.29 is 22.7 Å². The van der Waals surface area contributed by atoms with E-state index in [1.54, 1.807) is 36.5 Å². The van der Waals surface area contributed by atoms with Crippen molar-refractivity contribution in [1.29, 1.82) is 0 Å². The molecule has 2 heterocycles. The number of nitrogens with zero attached hydrogens (tertiary/aromatic N) is 3. The predicted molar refractivity (Wildman–Crippen MR) is 134 cm³/mol. The van der Waals surface area contributed by atoms with Crippen LogP contribution < -0.4 is 4.90 Å². The van der Waals surface area contributed by atoms with Gasteiger partial charge in [-0.25, -0.2) is 13.2 Å². The zero-order valence-electron chi connectivity index (χ0n) is 19.5. The molecule has 0 aliphatic carbocycles. The molecule has 0 N–H and O–H groups in total. The summed E-state index contributed by atoms with van der Waals surface area (Å²) in [5.41, 5.74) is 1.74. The summed E-state index contributed by atoms with van der Waals surface area (Å²) in [6.45, 7) is 2.90. The number of esters is 1. The number of hydrogen-bond acceptors (Lipinski definition) is 7.